The van der Waals surface area contributed by atoms with Crippen molar-refractivity contribution >= 4 is 11.8 Å². The van der Waals surface area contributed by atoms with Gasteiger partial charge in [0.1, 0.15) is 0 Å². The molecule has 2 N–H and O–H groups in total. The topological polar surface area (TPSA) is 58.2 Å². The Kier molecular flexibility index (Phi) is 8.96. The quantitative estimate of drug-likeness (QED) is 0.697. The van der Waals surface area contributed by atoms with E-state index in [2.05, 4.69) is 24.5 Å². The molecule has 1 atom stereocenters. The van der Waals surface area contributed by atoms with Crippen LogP contribution in [0.5, 0.6) is 0 Å². The van der Waals surface area contributed by atoms with Gasteiger partial charge in [0.2, 0.25) is 5.91 Å². The minimum atomic E-state index is -0.136. The van der Waals surface area contributed by atoms with Crippen molar-refractivity contribution in [1.82, 2.24) is 10.6 Å². The van der Waals surface area contributed by atoms with E-state index in [4.69, 9.17) is 0 Å². The molecule has 0 aliphatic rings. The van der Waals surface area contributed by atoms with Crippen molar-refractivity contribution in [3.05, 3.63) is 35.9 Å². The van der Waals surface area contributed by atoms with Crippen molar-refractivity contribution in [1.29, 1.82) is 0 Å². The zero-order valence-electron chi connectivity index (χ0n) is 13.7. The van der Waals surface area contributed by atoms with Crippen LogP contribution >= 0.6 is 0 Å². The van der Waals surface area contributed by atoms with Gasteiger partial charge in [0.05, 0.1) is 0 Å². The molecule has 1 rings (SSSR count). The van der Waals surface area contributed by atoms with Gasteiger partial charge in [-0.05, 0) is 24.5 Å². The standard InChI is InChI=1S/C18H28N2O2/c1-3-5-9-15(4-2)14-20-17(21)12-13-19-18(22)16-10-7-6-8-11-16/h6-8,10-11,15H,3-5,9,12-14H2,1-2H3,(H,19,22)(H,20,21)/t15-/m0/s1. The highest BCUT2D eigenvalue weighted by atomic mass is 16.2. The van der Waals surface area contributed by atoms with Gasteiger partial charge in [0.15, 0.2) is 0 Å². The highest BCUT2D eigenvalue weighted by molar-refractivity contribution is 5.94. The third-order valence-electron chi connectivity index (χ3n) is 3.80. The second-order valence-electron chi connectivity index (χ2n) is 5.59. The van der Waals surface area contributed by atoms with Gasteiger partial charge in [-0.2, -0.15) is 0 Å². The molecule has 1 aromatic carbocycles. The molecule has 0 saturated carbocycles. The predicted octanol–water partition coefficient (Wildman–Crippen LogP) is 3.14. The number of unbranched alkanes of at least 4 members (excludes halogenated alkanes) is 1. The fraction of sp³-hybridized carbons (Fsp3) is 0.556. The number of hydrogen-bond donors (Lipinski definition) is 2. The molecule has 0 aliphatic carbocycles. The summed E-state index contributed by atoms with van der Waals surface area (Å²) >= 11 is 0. The van der Waals surface area contributed by atoms with Gasteiger partial charge >= 0.3 is 0 Å². The van der Waals surface area contributed by atoms with E-state index in [9.17, 15) is 9.59 Å². The second kappa shape index (κ2) is 10.8. The first-order chi connectivity index (χ1) is 10.7. The van der Waals surface area contributed by atoms with E-state index in [0.29, 0.717) is 24.4 Å². The van der Waals surface area contributed by atoms with Crippen LogP contribution in [-0.4, -0.2) is 24.9 Å². The van der Waals surface area contributed by atoms with Gasteiger partial charge in [-0.1, -0.05) is 51.3 Å². The first kappa shape index (κ1) is 18.2. The first-order valence-corrected chi connectivity index (χ1v) is 8.27. The molecule has 0 heterocycles. The molecular formula is C18H28N2O2. The fourth-order valence-corrected chi connectivity index (χ4v) is 2.27. The monoisotopic (exact) mass is 304 g/mol. The average molecular weight is 304 g/mol. The number of nitrogens with one attached hydrogen (secondary N) is 2. The van der Waals surface area contributed by atoms with Crippen LogP contribution in [0.4, 0.5) is 0 Å². The summed E-state index contributed by atoms with van der Waals surface area (Å²) in [5.74, 6) is 0.425. The van der Waals surface area contributed by atoms with E-state index in [-0.39, 0.29) is 11.8 Å². The van der Waals surface area contributed by atoms with Gasteiger partial charge in [-0.25, -0.2) is 0 Å². The number of carbonyl (C=O) groups is 2. The normalized spacial score (nSPS) is 11.7. The number of benzene rings is 1. The van der Waals surface area contributed by atoms with E-state index in [1.54, 1.807) is 12.1 Å². The fourth-order valence-electron chi connectivity index (χ4n) is 2.27. The maximum Gasteiger partial charge on any atom is 0.251 e. The Bertz CT molecular complexity index is 446. The van der Waals surface area contributed by atoms with Gasteiger partial charge in [-0.15, -0.1) is 0 Å². The Morgan fingerprint density at radius 3 is 2.45 bits per heavy atom. The molecule has 1 aromatic rings. The summed E-state index contributed by atoms with van der Waals surface area (Å²) in [6.45, 7) is 5.45. The average Bonchev–Trinajstić information content (AvgIpc) is 2.55. The molecule has 122 valence electrons. The molecule has 2 amide bonds. The smallest absolute Gasteiger partial charge is 0.251 e. The lowest BCUT2D eigenvalue weighted by Gasteiger charge is -2.15. The molecule has 0 aromatic heterocycles. The van der Waals surface area contributed by atoms with E-state index in [1.807, 2.05) is 18.2 Å². The maximum absolute atomic E-state index is 11.8. The van der Waals surface area contributed by atoms with Gasteiger partial charge in [-0.3, -0.25) is 9.59 Å². The molecule has 0 fully saturated rings. The summed E-state index contributed by atoms with van der Waals surface area (Å²) in [7, 11) is 0. The summed E-state index contributed by atoms with van der Waals surface area (Å²) in [6.07, 6.45) is 4.98. The lowest BCUT2D eigenvalue weighted by molar-refractivity contribution is -0.121. The molecule has 0 aliphatic heterocycles. The molecule has 0 bridgehead atoms. The van der Waals surface area contributed by atoms with Crippen molar-refractivity contribution in [2.24, 2.45) is 5.92 Å². The van der Waals surface area contributed by atoms with E-state index in [1.165, 1.54) is 12.8 Å². The molecule has 0 spiro atoms. The molecule has 22 heavy (non-hydrogen) atoms. The molecule has 0 unspecified atom stereocenters. The van der Waals surface area contributed by atoms with Crippen LogP contribution in [-0.2, 0) is 4.79 Å². The van der Waals surface area contributed by atoms with E-state index >= 15 is 0 Å². The number of rotatable bonds is 10. The van der Waals surface area contributed by atoms with E-state index in [0.717, 1.165) is 19.4 Å². The van der Waals surface area contributed by atoms with Crippen LogP contribution in [0.2, 0.25) is 0 Å². The zero-order valence-corrected chi connectivity index (χ0v) is 13.7. The SMILES string of the molecule is CCCC[C@H](CC)CNC(=O)CCNC(=O)c1ccccc1. The lowest BCUT2D eigenvalue weighted by Crippen LogP contribution is -2.33. The molecule has 0 radical (unpaired) electrons. The summed E-state index contributed by atoms with van der Waals surface area (Å²) < 4.78 is 0. The number of hydrogen-bond acceptors (Lipinski definition) is 2. The molecule has 4 heteroatoms. The Morgan fingerprint density at radius 1 is 1.09 bits per heavy atom. The van der Waals surface area contributed by atoms with Crippen LogP contribution in [0.15, 0.2) is 30.3 Å². The Labute approximate surface area is 133 Å². The summed E-state index contributed by atoms with van der Waals surface area (Å²) in [6, 6.07) is 9.03. The van der Waals surface area contributed by atoms with Crippen LogP contribution in [0.1, 0.15) is 56.3 Å². The minimum absolute atomic E-state index is 0.00306. The van der Waals surface area contributed by atoms with Crippen LogP contribution < -0.4 is 10.6 Å². The van der Waals surface area contributed by atoms with Gasteiger partial charge < -0.3 is 10.6 Å². The highest BCUT2D eigenvalue weighted by Gasteiger charge is 2.09. The third-order valence-corrected chi connectivity index (χ3v) is 3.80. The van der Waals surface area contributed by atoms with E-state index < -0.39 is 0 Å². The largest absolute Gasteiger partial charge is 0.356 e. The molecular weight excluding hydrogens is 276 g/mol. The van der Waals surface area contributed by atoms with Crippen LogP contribution in [0.3, 0.4) is 0 Å². The predicted molar refractivity (Wildman–Crippen MR) is 89.7 cm³/mol. The number of amides is 2. The Balaban J connectivity index is 2.19. The van der Waals surface area contributed by atoms with Gasteiger partial charge in [0, 0.05) is 25.1 Å². The Morgan fingerprint density at radius 2 is 1.82 bits per heavy atom. The summed E-state index contributed by atoms with van der Waals surface area (Å²) in [4.78, 5) is 23.6. The summed E-state index contributed by atoms with van der Waals surface area (Å²) in [5, 5.41) is 5.73. The maximum atomic E-state index is 11.8. The lowest BCUT2D eigenvalue weighted by atomic mass is 9.99. The van der Waals surface area contributed by atoms with Gasteiger partial charge in [0.25, 0.3) is 5.91 Å². The van der Waals surface area contributed by atoms with Crippen LogP contribution in [0, 0.1) is 5.92 Å². The van der Waals surface area contributed by atoms with Crippen LogP contribution in [0.25, 0.3) is 0 Å². The number of carbonyl (C=O) groups excluding carboxylic acids is 2. The first-order valence-electron chi connectivity index (χ1n) is 8.27. The third kappa shape index (κ3) is 7.25. The highest BCUT2D eigenvalue weighted by Crippen LogP contribution is 2.11. The second-order valence-corrected chi connectivity index (χ2v) is 5.59. The molecule has 4 nitrogen and oxygen atoms in total. The van der Waals surface area contributed by atoms with Crippen molar-refractivity contribution in [2.75, 3.05) is 13.1 Å². The molecule has 0 saturated heterocycles. The Hall–Kier alpha value is -1.84. The minimum Gasteiger partial charge on any atom is -0.356 e. The summed E-state index contributed by atoms with van der Waals surface area (Å²) in [5.41, 5.74) is 0.619. The van der Waals surface area contributed by atoms with Crippen molar-refractivity contribution in [3.63, 3.8) is 0 Å². The van der Waals surface area contributed by atoms with Crippen molar-refractivity contribution in [3.8, 4) is 0 Å². The van der Waals surface area contributed by atoms with Crippen molar-refractivity contribution in [2.45, 2.75) is 46.0 Å². The van der Waals surface area contributed by atoms with Crippen molar-refractivity contribution < 1.29 is 9.59 Å². The zero-order chi connectivity index (χ0) is 16.2.